The van der Waals surface area contributed by atoms with E-state index in [1.54, 1.807) is 54.4 Å². The van der Waals surface area contributed by atoms with Crippen LogP contribution in [0, 0.1) is 16.7 Å². The fourth-order valence-electron chi connectivity index (χ4n) is 6.45. The van der Waals surface area contributed by atoms with E-state index < -0.39 is 46.6 Å². The van der Waals surface area contributed by atoms with E-state index in [0.29, 0.717) is 37.1 Å². The number of carboxylic acids is 1. The van der Waals surface area contributed by atoms with Gasteiger partial charge in [0.25, 0.3) is 5.91 Å². The molecule has 0 spiro atoms. The van der Waals surface area contributed by atoms with Crippen LogP contribution in [-0.4, -0.2) is 65.3 Å². The summed E-state index contributed by atoms with van der Waals surface area (Å²) in [5.74, 6) is -3.05. The van der Waals surface area contributed by atoms with Crippen LogP contribution in [0.4, 0.5) is 5.69 Å². The van der Waals surface area contributed by atoms with Gasteiger partial charge in [-0.15, -0.1) is 0 Å². The highest BCUT2D eigenvalue weighted by molar-refractivity contribution is 6.40. The van der Waals surface area contributed by atoms with Crippen LogP contribution in [0.1, 0.15) is 62.4 Å². The predicted octanol–water partition coefficient (Wildman–Crippen LogP) is 4.54. The molecule has 2 fully saturated rings. The van der Waals surface area contributed by atoms with Crippen LogP contribution in [0.2, 0.25) is 10.0 Å². The number of rotatable bonds is 9. The monoisotopic (exact) mass is 644 g/mol. The van der Waals surface area contributed by atoms with Crippen LogP contribution >= 0.6 is 23.2 Å². The van der Waals surface area contributed by atoms with Crippen molar-refractivity contribution in [3.8, 4) is 0 Å². The Labute approximate surface area is 266 Å². The summed E-state index contributed by atoms with van der Waals surface area (Å²) in [5.41, 5.74) is -0.464. The van der Waals surface area contributed by atoms with Gasteiger partial charge < -0.3 is 26.0 Å². The molecule has 4 rings (SSSR count). The summed E-state index contributed by atoms with van der Waals surface area (Å²) < 4.78 is 0. The number of carbonyl (C=O) groups excluding carboxylic acids is 4. The van der Waals surface area contributed by atoms with Crippen molar-refractivity contribution < 1.29 is 29.1 Å². The van der Waals surface area contributed by atoms with E-state index in [2.05, 4.69) is 16.0 Å². The Hall–Kier alpha value is -3.63. The number of likely N-dealkylation sites (tertiary alicyclic amines) is 1. The third-order valence-electron chi connectivity index (χ3n) is 9.53. The minimum absolute atomic E-state index is 0.0105. The summed E-state index contributed by atoms with van der Waals surface area (Å²) in [4.78, 5) is 66.3. The number of aliphatic carboxylic acids is 1. The lowest BCUT2D eigenvalue weighted by Gasteiger charge is -2.43. The number of likely N-dealkylation sites (N-methyl/N-ethyl adjacent to an activating group) is 1. The van der Waals surface area contributed by atoms with Crippen molar-refractivity contribution in [2.75, 3.05) is 18.9 Å². The normalized spacial score (nSPS) is 23.1. The molecule has 1 aliphatic carbocycles. The second-order valence-electron chi connectivity index (χ2n) is 12.3. The lowest BCUT2D eigenvalue weighted by Crippen LogP contribution is -2.55. The number of hydrogen-bond acceptors (Lipinski definition) is 5. The van der Waals surface area contributed by atoms with E-state index in [0.717, 1.165) is 6.42 Å². The van der Waals surface area contributed by atoms with E-state index in [4.69, 9.17) is 23.2 Å². The molecule has 2 aromatic rings. The molecular formula is C32H38Cl2N4O6. The molecule has 4 N–H and O–H groups in total. The van der Waals surface area contributed by atoms with Crippen molar-refractivity contribution in [2.45, 2.75) is 65.0 Å². The maximum absolute atomic E-state index is 13.8. The second-order valence-corrected chi connectivity index (χ2v) is 13.1. The Balaban J connectivity index is 1.42. The van der Waals surface area contributed by atoms with Crippen molar-refractivity contribution >= 4 is 58.5 Å². The largest absolute Gasteiger partial charge is 0.480 e. The molecule has 1 aliphatic heterocycles. The maximum atomic E-state index is 13.8. The maximum Gasteiger partial charge on any atom is 0.326 e. The molecule has 236 valence electrons. The molecule has 44 heavy (non-hydrogen) atoms. The predicted molar refractivity (Wildman–Crippen MR) is 168 cm³/mol. The zero-order chi connectivity index (χ0) is 32.4. The fraction of sp³-hybridized carbons (Fsp3) is 0.469. The van der Waals surface area contributed by atoms with Crippen LogP contribution in [0.25, 0.3) is 0 Å². The van der Waals surface area contributed by atoms with Gasteiger partial charge in [0, 0.05) is 31.6 Å². The van der Waals surface area contributed by atoms with Crippen LogP contribution < -0.4 is 16.0 Å². The summed E-state index contributed by atoms with van der Waals surface area (Å²) in [5, 5.41) is 18.4. The highest BCUT2D eigenvalue weighted by atomic mass is 35.5. The topological polar surface area (TPSA) is 145 Å². The second kappa shape index (κ2) is 13.2. The van der Waals surface area contributed by atoms with Gasteiger partial charge in [0.05, 0.1) is 21.0 Å². The van der Waals surface area contributed by atoms with Gasteiger partial charge in [0.1, 0.15) is 12.1 Å². The average Bonchev–Trinajstić information content (AvgIpc) is 3.55. The molecule has 0 radical (unpaired) electrons. The standard InChI is InChI=1S/C32H38Cl2N4O6/c1-31(2)20(14-15-32(31,3)30(44)38-16-6-9-24(38)27(40)35-4)26(39)37-23(29(42)43)17-18-10-12-19(13-11-18)36-28(41)25-21(33)7-5-8-22(25)34/h5,7-8,10-13,20,23-24H,6,9,14-17H2,1-4H3,(H,35,40)(H,36,41)(H,37,39)(H,42,43)/t20-,23+,24+,32+/m1/s1. The molecule has 10 nitrogen and oxygen atoms in total. The third kappa shape index (κ3) is 6.42. The number of halogens is 2. The Kier molecular flexibility index (Phi) is 9.95. The SMILES string of the molecule is CNC(=O)[C@@H]1CCCN1C(=O)[C@]1(C)CC[C@H](C(=O)N[C@@H](Cc2ccc(NC(=O)c3c(Cl)cccc3Cl)cc2)C(=O)O)C1(C)C. The number of hydrogen-bond donors (Lipinski definition) is 4. The first-order valence-corrected chi connectivity index (χ1v) is 15.4. The Bertz CT molecular complexity index is 1440. The minimum Gasteiger partial charge on any atom is -0.480 e. The molecule has 2 aliphatic rings. The van der Waals surface area contributed by atoms with Crippen LogP contribution in [0.5, 0.6) is 0 Å². The zero-order valence-electron chi connectivity index (χ0n) is 25.2. The minimum atomic E-state index is -1.21. The summed E-state index contributed by atoms with van der Waals surface area (Å²) in [6.45, 7) is 6.06. The Morgan fingerprint density at radius 1 is 0.977 bits per heavy atom. The molecular weight excluding hydrogens is 607 g/mol. The van der Waals surface area contributed by atoms with Crippen molar-refractivity contribution in [3.05, 3.63) is 63.6 Å². The molecule has 4 atom stereocenters. The van der Waals surface area contributed by atoms with Crippen LogP contribution in [-0.2, 0) is 25.6 Å². The average molecular weight is 646 g/mol. The number of benzene rings is 2. The van der Waals surface area contributed by atoms with Gasteiger partial charge in [-0.25, -0.2) is 4.79 Å². The number of nitrogens with one attached hydrogen (secondary N) is 3. The van der Waals surface area contributed by atoms with Crippen molar-refractivity contribution in [3.63, 3.8) is 0 Å². The highest BCUT2D eigenvalue weighted by Gasteiger charge is 2.60. The van der Waals surface area contributed by atoms with E-state index in [1.165, 1.54) is 0 Å². The number of carboxylic acid groups (broad SMARTS) is 1. The first-order valence-electron chi connectivity index (χ1n) is 14.6. The van der Waals surface area contributed by atoms with Gasteiger partial charge in [-0.3, -0.25) is 19.2 Å². The van der Waals surface area contributed by atoms with Crippen LogP contribution in [0.3, 0.4) is 0 Å². The first kappa shape index (κ1) is 33.3. The molecule has 0 aromatic heterocycles. The lowest BCUT2D eigenvalue weighted by atomic mass is 9.64. The molecule has 1 saturated heterocycles. The van der Waals surface area contributed by atoms with Gasteiger partial charge in [0.2, 0.25) is 17.7 Å². The van der Waals surface area contributed by atoms with E-state index >= 15 is 0 Å². The van der Waals surface area contributed by atoms with Gasteiger partial charge >= 0.3 is 5.97 Å². The number of nitrogens with zero attached hydrogens (tertiary/aromatic N) is 1. The molecule has 0 bridgehead atoms. The first-order chi connectivity index (χ1) is 20.7. The van der Waals surface area contributed by atoms with E-state index in [-0.39, 0.29) is 33.8 Å². The summed E-state index contributed by atoms with van der Waals surface area (Å²) in [6, 6.07) is 9.61. The molecule has 4 amide bonds. The Morgan fingerprint density at radius 2 is 1.61 bits per heavy atom. The number of anilines is 1. The van der Waals surface area contributed by atoms with Crippen molar-refractivity contribution in [2.24, 2.45) is 16.7 Å². The molecule has 2 aromatic carbocycles. The third-order valence-corrected chi connectivity index (χ3v) is 10.2. The smallest absolute Gasteiger partial charge is 0.326 e. The fourth-order valence-corrected chi connectivity index (χ4v) is 7.02. The van der Waals surface area contributed by atoms with E-state index in [1.807, 2.05) is 20.8 Å². The Morgan fingerprint density at radius 3 is 2.20 bits per heavy atom. The van der Waals surface area contributed by atoms with Gasteiger partial charge in [0.15, 0.2) is 0 Å². The molecule has 0 unspecified atom stereocenters. The van der Waals surface area contributed by atoms with Gasteiger partial charge in [-0.2, -0.15) is 0 Å². The molecule has 1 saturated carbocycles. The lowest BCUT2D eigenvalue weighted by molar-refractivity contribution is -0.153. The molecule has 12 heteroatoms. The molecule has 1 heterocycles. The quantitative estimate of drug-likeness (QED) is 0.315. The zero-order valence-corrected chi connectivity index (χ0v) is 26.7. The summed E-state index contributed by atoms with van der Waals surface area (Å²) in [7, 11) is 1.55. The van der Waals surface area contributed by atoms with Gasteiger partial charge in [-0.1, -0.05) is 62.2 Å². The summed E-state index contributed by atoms with van der Waals surface area (Å²) in [6.07, 6.45) is 2.19. The van der Waals surface area contributed by atoms with Crippen LogP contribution in [0.15, 0.2) is 42.5 Å². The van der Waals surface area contributed by atoms with Gasteiger partial charge in [-0.05, 0) is 60.9 Å². The summed E-state index contributed by atoms with van der Waals surface area (Å²) >= 11 is 12.2. The number of amides is 4. The van der Waals surface area contributed by atoms with E-state index in [9.17, 15) is 29.1 Å². The van der Waals surface area contributed by atoms with Crippen molar-refractivity contribution in [1.82, 2.24) is 15.5 Å². The van der Waals surface area contributed by atoms with Crippen molar-refractivity contribution in [1.29, 1.82) is 0 Å². The highest BCUT2D eigenvalue weighted by Crippen LogP contribution is 2.57. The number of carbonyl (C=O) groups is 5.